The normalized spacial score (nSPS) is 13.4. The lowest BCUT2D eigenvalue weighted by atomic mass is 10.3. The summed E-state index contributed by atoms with van der Waals surface area (Å²) in [5.74, 6) is -0.537. The molecule has 9 heteroatoms. The maximum atomic E-state index is 12.6. The molecule has 0 aliphatic heterocycles. The van der Waals surface area contributed by atoms with Gasteiger partial charge in [0.25, 0.3) is 0 Å². The van der Waals surface area contributed by atoms with E-state index >= 15 is 0 Å². The van der Waals surface area contributed by atoms with Crippen LogP contribution in [0.25, 0.3) is 11.1 Å². The Kier molecular flexibility index (Phi) is 4.83. The number of methoxy groups -OCH3 is 1. The molecule has 1 N–H and O–H groups in total. The van der Waals surface area contributed by atoms with Crippen molar-refractivity contribution in [1.29, 1.82) is 0 Å². The van der Waals surface area contributed by atoms with Crippen molar-refractivity contribution in [3.63, 3.8) is 0 Å². The van der Waals surface area contributed by atoms with E-state index in [0.29, 0.717) is 11.1 Å². The zero-order valence-electron chi connectivity index (χ0n) is 14.0. The van der Waals surface area contributed by atoms with Gasteiger partial charge in [-0.15, -0.1) is 11.3 Å². The molecular weight excluding hydrogens is 364 g/mol. The lowest BCUT2D eigenvalue weighted by Gasteiger charge is -2.15. The highest BCUT2D eigenvalue weighted by Gasteiger charge is 2.20. The number of fused-ring (bicyclic) bond motifs is 1. The van der Waals surface area contributed by atoms with Crippen LogP contribution in [-0.2, 0) is 21.8 Å². The molecule has 2 heterocycles. The molecule has 0 saturated heterocycles. The van der Waals surface area contributed by atoms with E-state index in [2.05, 4.69) is 4.72 Å². The van der Waals surface area contributed by atoms with E-state index in [4.69, 9.17) is 9.15 Å². The first-order chi connectivity index (χ1) is 11.8. The monoisotopic (exact) mass is 382 g/mol. The van der Waals surface area contributed by atoms with Gasteiger partial charge >= 0.3 is 5.76 Å². The van der Waals surface area contributed by atoms with E-state index in [9.17, 15) is 13.2 Å². The van der Waals surface area contributed by atoms with Gasteiger partial charge in [0.15, 0.2) is 5.58 Å². The van der Waals surface area contributed by atoms with Gasteiger partial charge in [-0.25, -0.2) is 17.9 Å². The number of oxazole rings is 1. The van der Waals surface area contributed by atoms with Gasteiger partial charge in [-0.3, -0.25) is 4.57 Å². The molecular formula is C16H18N2O5S2. The summed E-state index contributed by atoms with van der Waals surface area (Å²) in [4.78, 5) is 13.7. The number of hydrogen-bond acceptors (Lipinski definition) is 6. The third-order valence-electron chi connectivity index (χ3n) is 3.89. The molecule has 0 saturated carbocycles. The van der Waals surface area contributed by atoms with Crippen molar-refractivity contribution in [3.8, 4) is 0 Å². The van der Waals surface area contributed by atoms with Gasteiger partial charge < -0.3 is 9.15 Å². The van der Waals surface area contributed by atoms with Crippen LogP contribution in [0.3, 0.4) is 0 Å². The van der Waals surface area contributed by atoms with Crippen molar-refractivity contribution in [1.82, 2.24) is 9.29 Å². The van der Waals surface area contributed by atoms with Gasteiger partial charge in [-0.2, -0.15) is 0 Å². The number of benzene rings is 1. The highest BCUT2D eigenvalue weighted by Crippen LogP contribution is 2.25. The van der Waals surface area contributed by atoms with E-state index < -0.39 is 15.8 Å². The van der Waals surface area contributed by atoms with Crippen molar-refractivity contribution in [2.24, 2.45) is 7.05 Å². The highest BCUT2D eigenvalue weighted by atomic mass is 32.2. The zero-order chi connectivity index (χ0) is 18.2. The molecule has 2 aromatic heterocycles. The number of hydrogen-bond donors (Lipinski definition) is 1. The second-order valence-corrected chi connectivity index (χ2v) is 8.67. The molecule has 0 fully saturated rings. The standard InChI is InChI=1S/C16H18N2O5S2/c1-10-4-7-15(24-10)14(22-3)9-17-25(20,21)11-5-6-13-12(8-11)18(2)16(19)23-13/h4-8,14,17H,9H2,1-3H3/t14-/m1/s1. The van der Waals surface area contributed by atoms with Crippen molar-refractivity contribution < 1.29 is 17.6 Å². The fraction of sp³-hybridized carbons (Fsp3) is 0.312. The fourth-order valence-corrected chi connectivity index (χ4v) is 4.48. The first-order valence-corrected chi connectivity index (χ1v) is 9.80. The van der Waals surface area contributed by atoms with E-state index in [0.717, 1.165) is 9.75 Å². The average molecular weight is 382 g/mol. The molecule has 0 aliphatic rings. The second kappa shape index (κ2) is 6.75. The lowest BCUT2D eigenvalue weighted by Crippen LogP contribution is -2.29. The number of nitrogens with one attached hydrogen (secondary N) is 1. The number of nitrogens with zero attached hydrogens (tertiary/aromatic N) is 1. The first-order valence-electron chi connectivity index (χ1n) is 7.50. The molecule has 3 rings (SSSR count). The van der Waals surface area contributed by atoms with Gasteiger partial charge in [0.1, 0.15) is 6.10 Å². The zero-order valence-corrected chi connectivity index (χ0v) is 15.6. The van der Waals surface area contributed by atoms with Gasteiger partial charge in [-0.1, -0.05) is 0 Å². The Morgan fingerprint density at radius 2 is 2.08 bits per heavy atom. The molecule has 0 radical (unpaired) electrons. The van der Waals surface area contributed by atoms with Crippen LogP contribution in [0.4, 0.5) is 0 Å². The molecule has 7 nitrogen and oxygen atoms in total. The third-order valence-corrected chi connectivity index (χ3v) is 6.41. The molecule has 0 bridgehead atoms. The summed E-state index contributed by atoms with van der Waals surface area (Å²) in [5.41, 5.74) is 0.764. The largest absolute Gasteiger partial charge is 0.419 e. The summed E-state index contributed by atoms with van der Waals surface area (Å²) in [6.45, 7) is 2.09. The molecule has 0 unspecified atom stereocenters. The molecule has 0 spiro atoms. The number of ether oxygens (including phenoxy) is 1. The quantitative estimate of drug-likeness (QED) is 0.706. The summed E-state index contributed by atoms with van der Waals surface area (Å²) in [5, 5.41) is 0. The van der Waals surface area contributed by atoms with Crippen LogP contribution in [0.15, 0.2) is 44.4 Å². The molecule has 1 atom stereocenters. The minimum Gasteiger partial charge on any atom is -0.408 e. The summed E-state index contributed by atoms with van der Waals surface area (Å²) in [7, 11) is -0.679. The molecule has 0 aliphatic carbocycles. The van der Waals surface area contributed by atoms with Crippen LogP contribution in [0.5, 0.6) is 0 Å². The maximum absolute atomic E-state index is 12.6. The Balaban J connectivity index is 1.84. The van der Waals surface area contributed by atoms with Crippen LogP contribution in [0, 0.1) is 6.92 Å². The Labute approximate surface area is 148 Å². The predicted molar refractivity (Wildman–Crippen MR) is 95.4 cm³/mol. The Morgan fingerprint density at radius 3 is 2.72 bits per heavy atom. The SMILES string of the molecule is CO[C@H](CNS(=O)(=O)c1ccc2oc(=O)n(C)c2c1)c1ccc(C)s1. The Morgan fingerprint density at radius 1 is 1.32 bits per heavy atom. The summed E-state index contributed by atoms with van der Waals surface area (Å²) in [6.07, 6.45) is -0.365. The van der Waals surface area contributed by atoms with Crippen LogP contribution >= 0.6 is 11.3 Å². The topological polar surface area (TPSA) is 90.5 Å². The predicted octanol–water partition coefficient (Wildman–Crippen LogP) is 2.17. The van der Waals surface area contributed by atoms with Crippen molar-refractivity contribution in [2.75, 3.05) is 13.7 Å². The van der Waals surface area contributed by atoms with Crippen LogP contribution in [-0.4, -0.2) is 26.6 Å². The summed E-state index contributed by atoms with van der Waals surface area (Å²) < 4.78 is 39.4. The van der Waals surface area contributed by atoms with Crippen molar-refractivity contribution >= 4 is 32.5 Å². The molecule has 134 valence electrons. The Bertz CT molecular complexity index is 1060. The smallest absolute Gasteiger partial charge is 0.408 e. The van der Waals surface area contributed by atoms with Gasteiger partial charge in [0.05, 0.1) is 10.4 Å². The minimum atomic E-state index is -3.75. The number of aromatic nitrogens is 1. The van der Waals surface area contributed by atoms with E-state index in [1.54, 1.807) is 18.4 Å². The highest BCUT2D eigenvalue weighted by molar-refractivity contribution is 7.89. The average Bonchev–Trinajstić information content (AvgIpc) is 3.12. The van der Waals surface area contributed by atoms with Crippen molar-refractivity contribution in [3.05, 3.63) is 50.6 Å². The molecule has 25 heavy (non-hydrogen) atoms. The van der Waals surface area contributed by atoms with Crippen LogP contribution in [0.2, 0.25) is 0 Å². The molecule has 3 aromatic rings. The molecule has 0 amide bonds. The van der Waals surface area contributed by atoms with E-state index in [-0.39, 0.29) is 17.5 Å². The van der Waals surface area contributed by atoms with Crippen LogP contribution < -0.4 is 10.5 Å². The first kappa shape index (κ1) is 17.9. The van der Waals surface area contributed by atoms with Crippen molar-refractivity contribution in [2.45, 2.75) is 17.9 Å². The second-order valence-electron chi connectivity index (χ2n) is 5.58. The third kappa shape index (κ3) is 3.54. The molecule has 1 aromatic carbocycles. The number of aryl methyl sites for hydroxylation is 2. The van der Waals surface area contributed by atoms with Gasteiger partial charge in [0.2, 0.25) is 10.0 Å². The minimum absolute atomic E-state index is 0.0635. The van der Waals surface area contributed by atoms with E-state index in [1.165, 1.54) is 29.8 Å². The number of rotatable bonds is 6. The van der Waals surface area contributed by atoms with Gasteiger partial charge in [-0.05, 0) is 37.3 Å². The number of thiophene rings is 1. The van der Waals surface area contributed by atoms with Gasteiger partial charge in [0, 0.05) is 30.5 Å². The summed E-state index contributed by atoms with van der Waals surface area (Å²) >= 11 is 1.56. The fourth-order valence-electron chi connectivity index (χ4n) is 2.47. The Hall–Kier alpha value is -1.94. The van der Waals surface area contributed by atoms with Crippen LogP contribution in [0.1, 0.15) is 15.9 Å². The maximum Gasteiger partial charge on any atom is 0.419 e. The van der Waals surface area contributed by atoms with E-state index in [1.807, 2.05) is 19.1 Å². The number of sulfonamides is 1. The lowest BCUT2D eigenvalue weighted by molar-refractivity contribution is 0.110. The summed E-state index contributed by atoms with van der Waals surface area (Å²) in [6, 6.07) is 8.19.